The number of amides is 2. The fourth-order valence-electron chi connectivity index (χ4n) is 4.74. The van der Waals surface area contributed by atoms with Gasteiger partial charge in [0.25, 0.3) is 0 Å². The lowest BCUT2D eigenvalue weighted by molar-refractivity contribution is -0.123. The molecule has 0 bridgehead atoms. The van der Waals surface area contributed by atoms with Gasteiger partial charge in [0.15, 0.2) is 0 Å². The summed E-state index contributed by atoms with van der Waals surface area (Å²) in [7, 11) is 1.54. The Morgan fingerprint density at radius 1 is 1.18 bits per heavy atom. The van der Waals surface area contributed by atoms with Crippen LogP contribution in [0.3, 0.4) is 0 Å². The van der Waals surface area contributed by atoms with Gasteiger partial charge in [-0.05, 0) is 31.5 Å². The van der Waals surface area contributed by atoms with E-state index < -0.39 is 22.3 Å². The Balaban J connectivity index is 2.00. The highest BCUT2D eigenvalue weighted by Gasteiger charge is 2.40. The molecule has 0 saturated carbocycles. The molecule has 0 unspecified atom stereocenters. The molecule has 1 atom stereocenters. The van der Waals surface area contributed by atoms with Crippen LogP contribution < -0.4 is 10.2 Å². The molecule has 1 aromatic heterocycles. The molecule has 0 aliphatic carbocycles. The second-order valence-corrected chi connectivity index (χ2v) is 11.8. The largest absolute Gasteiger partial charge is 0.383 e. The number of nitrogens with one attached hydrogen (secondary N) is 1. The number of halogens is 2. The first-order valence-electron chi connectivity index (χ1n) is 12.8. The topological polar surface area (TPSA) is 76.5 Å². The average molecular weight is 557 g/mol. The van der Waals surface area contributed by atoms with Crippen molar-refractivity contribution in [2.45, 2.75) is 45.3 Å². The number of thioether (sulfide) groups is 1. The highest BCUT2D eigenvalue weighted by atomic mass is 32.2. The van der Waals surface area contributed by atoms with Gasteiger partial charge >= 0.3 is 0 Å². The van der Waals surface area contributed by atoms with Gasteiger partial charge in [0.1, 0.15) is 24.0 Å². The molecule has 2 aromatic carbocycles. The minimum absolute atomic E-state index is 0.00201. The van der Waals surface area contributed by atoms with E-state index in [0.29, 0.717) is 30.2 Å². The van der Waals surface area contributed by atoms with Crippen molar-refractivity contribution in [3.05, 3.63) is 76.0 Å². The number of nitrogens with zero attached hydrogens (tertiary/aromatic N) is 3. The maximum absolute atomic E-state index is 15.3. The molecule has 1 aliphatic heterocycles. The number of ether oxygens (including phenoxy) is 1. The maximum Gasteiger partial charge on any atom is 0.240 e. The molecule has 208 valence electrons. The number of methoxy groups -OCH3 is 1. The molecule has 39 heavy (non-hydrogen) atoms. The fraction of sp³-hybridized carbons (Fsp3) is 0.414. The fourth-order valence-corrected chi connectivity index (χ4v) is 5.96. The van der Waals surface area contributed by atoms with E-state index in [1.807, 2.05) is 52.8 Å². The minimum atomic E-state index is -0.698. The molecule has 0 radical (unpaired) electrons. The van der Waals surface area contributed by atoms with Crippen molar-refractivity contribution in [2.75, 3.05) is 37.5 Å². The van der Waals surface area contributed by atoms with Crippen LogP contribution in [0.25, 0.3) is 5.69 Å². The summed E-state index contributed by atoms with van der Waals surface area (Å²) in [5.74, 6) is -1.62. The highest BCUT2D eigenvalue weighted by Crippen LogP contribution is 2.49. The predicted octanol–water partition coefficient (Wildman–Crippen LogP) is 5.00. The van der Waals surface area contributed by atoms with Crippen LogP contribution >= 0.6 is 11.8 Å². The van der Waals surface area contributed by atoms with Crippen molar-refractivity contribution < 1.29 is 23.1 Å². The van der Waals surface area contributed by atoms with E-state index in [1.165, 1.54) is 28.8 Å². The standard InChI is InChI=1S/C29H34F2N4O3S/c1-17-7-10-22(18(2)13-17)35-28-25(27(33-35)29(3,4)5)26(20-9-8-19(30)14-21(20)31)39-16-24(37)34(28)15-23(36)32-11-12-38-6/h7-10,13-14,26H,11-12,15-16H2,1-6H3,(H,32,36)/t26-/m0/s1. The van der Waals surface area contributed by atoms with Crippen LogP contribution in [-0.2, 0) is 19.7 Å². The van der Waals surface area contributed by atoms with E-state index in [1.54, 1.807) is 11.8 Å². The Kier molecular flexibility index (Phi) is 8.46. The third-order valence-electron chi connectivity index (χ3n) is 6.55. The molecule has 0 spiro atoms. The summed E-state index contributed by atoms with van der Waals surface area (Å²) in [6.07, 6.45) is 0. The van der Waals surface area contributed by atoms with Crippen LogP contribution in [0.1, 0.15) is 54.0 Å². The minimum Gasteiger partial charge on any atom is -0.383 e. The lowest BCUT2D eigenvalue weighted by atomic mass is 9.87. The summed E-state index contributed by atoms with van der Waals surface area (Å²) in [5.41, 5.74) is 3.80. The summed E-state index contributed by atoms with van der Waals surface area (Å²) in [6, 6.07) is 9.40. The van der Waals surface area contributed by atoms with Crippen LogP contribution in [0.15, 0.2) is 36.4 Å². The lowest BCUT2D eigenvalue weighted by Gasteiger charge is -2.25. The molecule has 0 fully saturated rings. The third-order valence-corrected chi connectivity index (χ3v) is 7.79. The zero-order valence-corrected chi connectivity index (χ0v) is 23.9. The zero-order chi connectivity index (χ0) is 28.5. The summed E-state index contributed by atoms with van der Waals surface area (Å²) < 4.78 is 35.9. The van der Waals surface area contributed by atoms with Crippen LogP contribution in [0, 0.1) is 25.5 Å². The van der Waals surface area contributed by atoms with E-state index in [9.17, 15) is 14.0 Å². The monoisotopic (exact) mass is 556 g/mol. The van der Waals surface area contributed by atoms with Gasteiger partial charge in [-0.15, -0.1) is 11.8 Å². The first-order chi connectivity index (χ1) is 18.4. The van der Waals surface area contributed by atoms with E-state index >= 15 is 4.39 Å². The van der Waals surface area contributed by atoms with Crippen LogP contribution in [0.4, 0.5) is 14.6 Å². The van der Waals surface area contributed by atoms with Gasteiger partial charge in [-0.2, -0.15) is 5.10 Å². The molecular weight excluding hydrogens is 522 g/mol. The number of carbonyl (C=O) groups excluding carboxylic acids is 2. The van der Waals surface area contributed by atoms with Gasteiger partial charge in [0.2, 0.25) is 11.8 Å². The average Bonchev–Trinajstić information content (AvgIpc) is 3.18. The summed E-state index contributed by atoms with van der Waals surface area (Å²) in [5, 5.41) is 7.14. The van der Waals surface area contributed by atoms with Crippen molar-refractivity contribution in [1.29, 1.82) is 0 Å². The second-order valence-electron chi connectivity index (χ2n) is 10.7. The van der Waals surface area contributed by atoms with E-state index in [-0.39, 0.29) is 29.7 Å². The predicted molar refractivity (Wildman–Crippen MR) is 150 cm³/mol. The number of aromatic nitrogens is 2. The SMILES string of the molecule is COCCNC(=O)CN1C(=O)CS[C@@H](c2ccc(F)cc2F)c2c(C(C)(C)C)nn(-c3ccc(C)cc3C)c21. The molecule has 7 nitrogen and oxygen atoms in total. The quantitative estimate of drug-likeness (QED) is 0.415. The number of benzene rings is 2. The molecule has 3 aromatic rings. The van der Waals surface area contributed by atoms with Gasteiger partial charge in [-0.1, -0.05) is 44.5 Å². The first-order valence-corrected chi connectivity index (χ1v) is 13.8. The van der Waals surface area contributed by atoms with Crippen molar-refractivity contribution >= 4 is 29.4 Å². The zero-order valence-electron chi connectivity index (χ0n) is 23.1. The van der Waals surface area contributed by atoms with Crippen LogP contribution in [0.5, 0.6) is 0 Å². The third kappa shape index (κ3) is 6.01. The number of rotatable bonds is 7. The number of carbonyl (C=O) groups is 2. The molecule has 4 rings (SSSR count). The van der Waals surface area contributed by atoms with E-state index in [2.05, 4.69) is 5.32 Å². The number of hydrogen-bond donors (Lipinski definition) is 1. The number of anilines is 1. The smallest absolute Gasteiger partial charge is 0.240 e. The molecule has 1 N–H and O–H groups in total. The number of aryl methyl sites for hydroxylation is 2. The Hall–Kier alpha value is -3.24. The summed E-state index contributed by atoms with van der Waals surface area (Å²) >= 11 is 1.25. The Morgan fingerprint density at radius 2 is 1.92 bits per heavy atom. The number of hydrogen-bond acceptors (Lipinski definition) is 5. The van der Waals surface area contributed by atoms with Crippen molar-refractivity contribution in [2.24, 2.45) is 0 Å². The number of fused-ring (bicyclic) bond motifs is 1. The molecule has 2 amide bonds. The first kappa shape index (κ1) is 28.8. The van der Waals surface area contributed by atoms with E-state index in [0.717, 1.165) is 22.9 Å². The van der Waals surface area contributed by atoms with Crippen molar-refractivity contribution in [3.63, 3.8) is 0 Å². The van der Waals surface area contributed by atoms with Gasteiger partial charge in [0.05, 0.1) is 29.0 Å². The molecular formula is C29H34F2N4O3S. The summed E-state index contributed by atoms with van der Waals surface area (Å²) in [6.45, 7) is 10.3. The van der Waals surface area contributed by atoms with Gasteiger partial charge in [-0.25, -0.2) is 13.5 Å². The molecule has 0 saturated heterocycles. The van der Waals surface area contributed by atoms with Crippen molar-refractivity contribution in [3.8, 4) is 5.69 Å². The Bertz CT molecular complexity index is 1400. The van der Waals surface area contributed by atoms with Crippen LogP contribution in [-0.4, -0.2) is 54.2 Å². The Labute approximate surface area is 231 Å². The van der Waals surface area contributed by atoms with E-state index in [4.69, 9.17) is 9.84 Å². The molecule has 1 aliphatic rings. The highest BCUT2D eigenvalue weighted by molar-refractivity contribution is 8.00. The van der Waals surface area contributed by atoms with Crippen molar-refractivity contribution in [1.82, 2.24) is 15.1 Å². The summed E-state index contributed by atoms with van der Waals surface area (Å²) in [4.78, 5) is 28.0. The maximum atomic E-state index is 15.3. The molecule has 2 heterocycles. The van der Waals surface area contributed by atoms with Gasteiger partial charge in [0, 0.05) is 36.3 Å². The van der Waals surface area contributed by atoms with Crippen LogP contribution in [0.2, 0.25) is 0 Å². The normalized spacial score (nSPS) is 15.7. The second kappa shape index (κ2) is 11.5. The molecule has 10 heteroatoms. The van der Waals surface area contributed by atoms with Gasteiger partial charge < -0.3 is 10.1 Å². The Morgan fingerprint density at radius 3 is 2.56 bits per heavy atom. The van der Waals surface area contributed by atoms with Gasteiger partial charge in [-0.3, -0.25) is 14.5 Å². The lowest BCUT2D eigenvalue weighted by Crippen LogP contribution is -2.43.